The summed E-state index contributed by atoms with van der Waals surface area (Å²) in [5.41, 5.74) is 7.57. The zero-order chi connectivity index (χ0) is 47.8. The number of carbonyl (C=O) groups excluding carboxylic acids is 4. The highest BCUT2D eigenvalue weighted by molar-refractivity contribution is 6.06. The third-order valence-electron chi connectivity index (χ3n) is 12.2. The van der Waals surface area contributed by atoms with Gasteiger partial charge in [-0.15, -0.1) is 0 Å². The van der Waals surface area contributed by atoms with Gasteiger partial charge in [0.15, 0.2) is 0 Å². The van der Waals surface area contributed by atoms with Crippen LogP contribution in [0.4, 0.5) is 22.7 Å². The molecule has 4 amide bonds. The first-order valence-corrected chi connectivity index (χ1v) is 23.1. The highest BCUT2D eigenvalue weighted by Gasteiger charge is 2.25. The largest absolute Gasteiger partial charge is 0.495 e. The van der Waals surface area contributed by atoms with Crippen molar-refractivity contribution in [3.8, 4) is 33.8 Å². The van der Waals surface area contributed by atoms with Crippen LogP contribution >= 0.6 is 0 Å². The molecule has 13 heteroatoms. The second-order valence-corrected chi connectivity index (χ2v) is 16.7. The summed E-state index contributed by atoms with van der Waals surface area (Å²) in [6, 6.07) is 44.9. The number of benzene rings is 6. The lowest BCUT2D eigenvalue weighted by atomic mass is 10.0. The maximum Gasteiger partial charge on any atom is 0.255 e. The molecule has 352 valence electrons. The Morgan fingerprint density at radius 3 is 1.25 bits per heavy atom. The van der Waals surface area contributed by atoms with Crippen LogP contribution in [0, 0.1) is 0 Å². The lowest BCUT2D eigenvalue weighted by Crippen LogP contribution is -2.47. The molecule has 2 fully saturated rings. The predicted molar refractivity (Wildman–Crippen MR) is 270 cm³/mol. The van der Waals surface area contributed by atoms with Crippen LogP contribution < -0.4 is 30.7 Å². The Hall–Kier alpha value is -7.32. The van der Waals surface area contributed by atoms with Gasteiger partial charge in [-0.2, -0.15) is 0 Å². The van der Waals surface area contributed by atoms with Gasteiger partial charge in [-0.3, -0.25) is 29.0 Å². The van der Waals surface area contributed by atoms with Crippen LogP contribution in [0.15, 0.2) is 146 Å². The van der Waals surface area contributed by atoms with E-state index < -0.39 is 0 Å². The van der Waals surface area contributed by atoms with Crippen molar-refractivity contribution < 1.29 is 33.4 Å². The Balaban J connectivity index is 0.000000201. The maximum atomic E-state index is 12.9. The first-order chi connectivity index (χ1) is 33.1. The van der Waals surface area contributed by atoms with E-state index >= 15 is 0 Å². The number of methoxy groups -OCH3 is 2. The van der Waals surface area contributed by atoms with E-state index in [1.165, 1.54) is 6.42 Å². The summed E-state index contributed by atoms with van der Waals surface area (Å²) < 4.78 is 16.2. The minimum absolute atomic E-state index is 0.0832. The van der Waals surface area contributed by atoms with Gasteiger partial charge >= 0.3 is 0 Å². The number of nitrogens with zero attached hydrogens (tertiary/aromatic N) is 2. The number of morpholine rings is 1. The summed E-state index contributed by atoms with van der Waals surface area (Å²) >= 11 is 0. The Kier molecular flexibility index (Phi) is 17.1. The Morgan fingerprint density at radius 1 is 0.471 bits per heavy atom. The van der Waals surface area contributed by atoms with Crippen molar-refractivity contribution in [1.29, 1.82) is 0 Å². The fourth-order valence-corrected chi connectivity index (χ4v) is 8.14. The minimum atomic E-state index is -0.310. The topological polar surface area (TPSA) is 151 Å². The lowest BCUT2D eigenvalue weighted by Gasteiger charge is -2.31. The fourth-order valence-electron chi connectivity index (χ4n) is 8.14. The number of hydrogen-bond donors (Lipinski definition) is 4. The number of piperidine rings is 1. The zero-order valence-corrected chi connectivity index (χ0v) is 39.1. The van der Waals surface area contributed by atoms with Gasteiger partial charge < -0.3 is 35.5 Å². The van der Waals surface area contributed by atoms with Crippen molar-refractivity contribution in [2.45, 2.75) is 45.2 Å². The summed E-state index contributed by atoms with van der Waals surface area (Å²) in [6.07, 6.45) is 3.46. The summed E-state index contributed by atoms with van der Waals surface area (Å²) in [5, 5.41) is 11.7. The molecule has 6 aromatic carbocycles. The van der Waals surface area contributed by atoms with Crippen LogP contribution in [-0.2, 0) is 14.3 Å². The second kappa shape index (κ2) is 23.9. The zero-order valence-electron chi connectivity index (χ0n) is 39.1. The van der Waals surface area contributed by atoms with Crippen LogP contribution in [-0.4, -0.2) is 99.1 Å². The van der Waals surface area contributed by atoms with Gasteiger partial charge in [0.25, 0.3) is 11.8 Å². The van der Waals surface area contributed by atoms with Gasteiger partial charge in [-0.1, -0.05) is 91.3 Å². The van der Waals surface area contributed by atoms with Crippen molar-refractivity contribution in [3.63, 3.8) is 0 Å². The van der Waals surface area contributed by atoms with E-state index in [2.05, 4.69) is 31.1 Å². The number of rotatable bonds is 14. The van der Waals surface area contributed by atoms with Gasteiger partial charge in [0, 0.05) is 35.6 Å². The van der Waals surface area contributed by atoms with Crippen molar-refractivity contribution in [2.75, 3.05) is 74.9 Å². The van der Waals surface area contributed by atoms with E-state index in [0.717, 1.165) is 48.2 Å². The van der Waals surface area contributed by atoms with E-state index in [4.69, 9.17) is 14.2 Å². The van der Waals surface area contributed by atoms with Crippen molar-refractivity contribution in [2.24, 2.45) is 0 Å². The monoisotopic (exact) mass is 916 g/mol. The molecule has 0 saturated carbocycles. The number of nitrogens with one attached hydrogen (secondary N) is 4. The van der Waals surface area contributed by atoms with Gasteiger partial charge in [0.1, 0.15) is 11.5 Å². The highest BCUT2D eigenvalue weighted by atomic mass is 16.5. The number of ether oxygens (including phenoxy) is 3. The van der Waals surface area contributed by atoms with E-state index in [0.29, 0.717) is 71.7 Å². The molecule has 2 atom stereocenters. The highest BCUT2D eigenvalue weighted by Crippen LogP contribution is 2.31. The number of amides is 4. The molecule has 0 unspecified atom stereocenters. The SMILES string of the molecule is COc1ccc(NC(=O)c2ccc(-c3ccccc3)cc2)cc1NC(=O)[C@@H](C)N1CCOCC1.COc1ccc(NC(=O)c2ccc(-c3ccccc3)cc2)cc1NC(=O)[C@H](C)N1CCCCC1. The van der Waals surface area contributed by atoms with Gasteiger partial charge in [0.05, 0.1) is 50.9 Å². The fraction of sp³-hybridized carbons (Fsp3) is 0.273. The Bertz CT molecular complexity index is 2430. The molecule has 4 N–H and O–H groups in total. The average molecular weight is 917 g/mol. The molecule has 2 aliphatic rings. The summed E-state index contributed by atoms with van der Waals surface area (Å²) in [5.74, 6) is 0.394. The van der Waals surface area contributed by atoms with Gasteiger partial charge in [-0.05, 0) is 123 Å². The molecule has 0 radical (unpaired) electrons. The molecule has 2 heterocycles. The average Bonchev–Trinajstić information content (AvgIpc) is 3.39. The molecule has 0 aromatic heterocycles. The van der Waals surface area contributed by atoms with E-state index in [1.807, 2.05) is 111 Å². The molecule has 2 saturated heterocycles. The summed E-state index contributed by atoms with van der Waals surface area (Å²) in [4.78, 5) is 55.7. The third-order valence-corrected chi connectivity index (χ3v) is 12.2. The first kappa shape index (κ1) is 48.6. The molecule has 0 aliphatic carbocycles. The van der Waals surface area contributed by atoms with E-state index in [9.17, 15) is 19.2 Å². The standard InChI is InChI=1S/C28H31N3O3.C27H29N3O4/c1-20(31-17-7-4-8-18-31)27(32)30-25-19-24(15-16-26(25)34-2)29-28(33)23-13-11-22(12-14-23)21-9-5-3-6-10-21;1-19(30-14-16-34-17-15-30)26(31)29-24-18-23(12-13-25(24)33-2)28-27(32)22-10-8-21(9-11-22)20-6-4-3-5-7-20/h3,5-6,9-16,19-20H,4,7-8,17-18H2,1-2H3,(H,29,33)(H,30,32);3-13,18-19H,14-17H2,1-2H3,(H,28,32)(H,29,31)/t20-;19-/m01/s1. The van der Waals surface area contributed by atoms with E-state index in [1.54, 1.807) is 62.8 Å². The lowest BCUT2D eigenvalue weighted by molar-refractivity contribution is -0.122. The smallest absolute Gasteiger partial charge is 0.255 e. The normalized spacial score (nSPS) is 14.8. The van der Waals surface area contributed by atoms with Crippen LogP contribution in [0.25, 0.3) is 22.3 Å². The van der Waals surface area contributed by atoms with Crippen LogP contribution in [0.2, 0.25) is 0 Å². The first-order valence-electron chi connectivity index (χ1n) is 23.1. The quantitative estimate of drug-likeness (QED) is 0.0838. The second-order valence-electron chi connectivity index (χ2n) is 16.7. The maximum absolute atomic E-state index is 12.9. The molecular formula is C55H60N6O7. The third kappa shape index (κ3) is 13.0. The summed E-state index contributed by atoms with van der Waals surface area (Å²) in [7, 11) is 3.11. The van der Waals surface area contributed by atoms with Gasteiger partial charge in [-0.25, -0.2) is 0 Å². The number of carbonyl (C=O) groups is 4. The Labute approximate surface area is 398 Å². The molecule has 0 spiro atoms. The molecule has 6 aromatic rings. The minimum Gasteiger partial charge on any atom is -0.495 e. The Morgan fingerprint density at radius 2 is 0.853 bits per heavy atom. The van der Waals surface area contributed by atoms with Crippen molar-refractivity contribution >= 4 is 46.4 Å². The predicted octanol–water partition coefficient (Wildman–Crippen LogP) is 9.70. The molecule has 13 nitrogen and oxygen atoms in total. The van der Waals surface area contributed by atoms with Crippen molar-refractivity contribution in [3.05, 3.63) is 157 Å². The molecule has 68 heavy (non-hydrogen) atoms. The molecule has 8 rings (SSSR count). The molecular weight excluding hydrogens is 857 g/mol. The van der Waals surface area contributed by atoms with Crippen LogP contribution in [0.1, 0.15) is 53.8 Å². The van der Waals surface area contributed by atoms with Crippen LogP contribution in [0.3, 0.4) is 0 Å². The van der Waals surface area contributed by atoms with Crippen LogP contribution in [0.5, 0.6) is 11.5 Å². The van der Waals surface area contributed by atoms with Crippen molar-refractivity contribution in [1.82, 2.24) is 9.80 Å². The van der Waals surface area contributed by atoms with Gasteiger partial charge in [0.2, 0.25) is 11.8 Å². The number of likely N-dealkylation sites (tertiary alicyclic amines) is 1. The number of hydrogen-bond acceptors (Lipinski definition) is 9. The molecule has 0 bridgehead atoms. The number of anilines is 4. The summed E-state index contributed by atoms with van der Waals surface area (Å²) in [6.45, 7) is 8.34. The van der Waals surface area contributed by atoms with E-state index in [-0.39, 0.29) is 35.7 Å². The molecule has 2 aliphatic heterocycles.